The van der Waals surface area contributed by atoms with Gasteiger partial charge in [-0.2, -0.15) is 0 Å². The van der Waals surface area contributed by atoms with Crippen LogP contribution in [0.5, 0.6) is 0 Å². The first kappa shape index (κ1) is 13.1. The Kier molecular flexibility index (Phi) is 3.51. The van der Waals surface area contributed by atoms with Crippen LogP contribution in [0.15, 0.2) is 36.4 Å². The van der Waals surface area contributed by atoms with Crippen LogP contribution in [0.4, 0.5) is 15.8 Å². The third-order valence-electron chi connectivity index (χ3n) is 2.99. The smallest absolute Gasteiger partial charge is 0.256 e. The lowest BCUT2D eigenvalue weighted by Crippen LogP contribution is -2.17. The van der Waals surface area contributed by atoms with E-state index in [2.05, 4.69) is 5.32 Å². The van der Waals surface area contributed by atoms with E-state index in [-0.39, 0.29) is 17.3 Å². The lowest BCUT2D eigenvalue weighted by molar-refractivity contribution is 0.102. The molecule has 0 bridgehead atoms. The van der Waals surface area contributed by atoms with Crippen LogP contribution >= 0.6 is 0 Å². The maximum absolute atomic E-state index is 13.6. The summed E-state index contributed by atoms with van der Waals surface area (Å²) in [6.45, 7) is 3.68. The number of aryl methyl sites for hydroxylation is 2. The second kappa shape index (κ2) is 5.10. The fourth-order valence-corrected chi connectivity index (χ4v) is 2.02. The summed E-state index contributed by atoms with van der Waals surface area (Å²) in [6, 6.07) is 9.86. The molecule has 0 radical (unpaired) electrons. The molecule has 2 aromatic rings. The summed E-state index contributed by atoms with van der Waals surface area (Å²) < 4.78 is 13.6. The highest BCUT2D eigenvalue weighted by atomic mass is 19.1. The average Bonchev–Trinajstić information content (AvgIpc) is 2.34. The van der Waals surface area contributed by atoms with Crippen molar-refractivity contribution in [3.8, 4) is 0 Å². The molecule has 0 aliphatic rings. The van der Waals surface area contributed by atoms with Crippen molar-refractivity contribution in [3.63, 3.8) is 0 Å². The number of anilines is 2. The summed E-state index contributed by atoms with van der Waals surface area (Å²) in [4.78, 5) is 12.2. The van der Waals surface area contributed by atoms with E-state index in [0.717, 1.165) is 11.1 Å². The van der Waals surface area contributed by atoms with E-state index in [1.807, 2.05) is 32.0 Å². The number of hydrogen-bond donors (Lipinski definition) is 2. The monoisotopic (exact) mass is 258 g/mol. The van der Waals surface area contributed by atoms with Gasteiger partial charge in [-0.15, -0.1) is 0 Å². The zero-order valence-electron chi connectivity index (χ0n) is 10.8. The van der Waals surface area contributed by atoms with E-state index in [0.29, 0.717) is 5.56 Å². The van der Waals surface area contributed by atoms with E-state index in [4.69, 9.17) is 5.73 Å². The lowest BCUT2D eigenvalue weighted by atomic mass is 10.0. The Bertz CT molecular complexity index is 598. The van der Waals surface area contributed by atoms with Gasteiger partial charge in [0.1, 0.15) is 11.5 Å². The highest BCUT2D eigenvalue weighted by Crippen LogP contribution is 2.23. The molecule has 3 N–H and O–H groups in total. The van der Waals surface area contributed by atoms with Crippen molar-refractivity contribution in [2.75, 3.05) is 11.1 Å². The van der Waals surface area contributed by atoms with Gasteiger partial charge in [-0.3, -0.25) is 4.79 Å². The van der Waals surface area contributed by atoms with Gasteiger partial charge < -0.3 is 11.1 Å². The highest BCUT2D eigenvalue weighted by molar-refractivity contribution is 6.07. The third kappa shape index (κ3) is 2.57. The van der Waals surface area contributed by atoms with Crippen molar-refractivity contribution in [3.05, 3.63) is 58.9 Å². The van der Waals surface area contributed by atoms with Gasteiger partial charge in [0.25, 0.3) is 5.91 Å². The number of benzene rings is 2. The third-order valence-corrected chi connectivity index (χ3v) is 2.99. The van der Waals surface area contributed by atoms with Crippen molar-refractivity contribution in [2.45, 2.75) is 13.8 Å². The summed E-state index contributed by atoms with van der Waals surface area (Å²) in [6.07, 6.45) is 0. The van der Waals surface area contributed by atoms with Gasteiger partial charge in [0, 0.05) is 5.56 Å². The van der Waals surface area contributed by atoms with Crippen LogP contribution in [-0.2, 0) is 0 Å². The van der Waals surface area contributed by atoms with Crippen LogP contribution in [0.1, 0.15) is 21.5 Å². The SMILES string of the molecule is Cc1cccc(C)c1C(=O)Nc1c(N)cccc1F. The quantitative estimate of drug-likeness (QED) is 0.812. The maximum atomic E-state index is 13.6. The minimum atomic E-state index is -0.542. The molecule has 19 heavy (non-hydrogen) atoms. The van der Waals surface area contributed by atoms with E-state index in [1.165, 1.54) is 12.1 Å². The number of nitrogen functional groups attached to an aromatic ring is 1. The van der Waals surface area contributed by atoms with E-state index in [9.17, 15) is 9.18 Å². The summed E-state index contributed by atoms with van der Waals surface area (Å²) in [7, 11) is 0. The van der Waals surface area contributed by atoms with Gasteiger partial charge >= 0.3 is 0 Å². The number of carbonyl (C=O) groups is 1. The molecule has 1 amide bonds. The van der Waals surface area contributed by atoms with Crippen molar-refractivity contribution in [1.29, 1.82) is 0 Å². The molecule has 2 aromatic carbocycles. The zero-order valence-corrected chi connectivity index (χ0v) is 10.8. The Morgan fingerprint density at radius 3 is 2.26 bits per heavy atom. The second-order valence-corrected chi connectivity index (χ2v) is 4.42. The minimum absolute atomic E-state index is 0.0233. The van der Waals surface area contributed by atoms with E-state index >= 15 is 0 Å². The Morgan fingerprint density at radius 2 is 1.68 bits per heavy atom. The van der Waals surface area contributed by atoms with Crippen LogP contribution in [0.3, 0.4) is 0 Å². The number of halogens is 1. The van der Waals surface area contributed by atoms with Gasteiger partial charge in [-0.1, -0.05) is 24.3 Å². The van der Waals surface area contributed by atoms with Crippen molar-refractivity contribution in [2.24, 2.45) is 0 Å². The van der Waals surface area contributed by atoms with Crippen LogP contribution in [-0.4, -0.2) is 5.91 Å². The fraction of sp³-hybridized carbons (Fsp3) is 0.133. The molecule has 0 saturated carbocycles. The molecular weight excluding hydrogens is 243 g/mol. The van der Waals surface area contributed by atoms with Crippen LogP contribution in [0.2, 0.25) is 0 Å². The topological polar surface area (TPSA) is 55.1 Å². The summed E-state index contributed by atoms with van der Waals surface area (Å²) in [5, 5.41) is 2.54. The first-order valence-corrected chi connectivity index (χ1v) is 5.92. The molecule has 0 aliphatic heterocycles. The fourth-order valence-electron chi connectivity index (χ4n) is 2.02. The van der Waals surface area contributed by atoms with E-state index < -0.39 is 5.82 Å². The number of nitrogens with two attached hydrogens (primary N) is 1. The standard InChI is InChI=1S/C15H15FN2O/c1-9-5-3-6-10(2)13(9)15(19)18-14-11(16)7-4-8-12(14)17/h3-8H,17H2,1-2H3,(H,18,19). The van der Waals surface area contributed by atoms with Crippen LogP contribution < -0.4 is 11.1 Å². The van der Waals surface area contributed by atoms with Gasteiger partial charge in [0.05, 0.1) is 5.69 Å². The summed E-state index contributed by atoms with van der Waals surface area (Å²) in [5.74, 6) is -0.896. The summed E-state index contributed by atoms with van der Waals surface area (Å²) >= 11 is 0. The number of carbonyl (C=O) groups excluding carboxylic acids is 1. The predicted octanol–water partition coefficient (Wildman–Crippen LogP) is 3.28. The van der Waals surface area contributed by atoms with Crippen molar-refractivity contribution < 1.29 is 9.18 Å². The lowest BCUT2D eigenvalue weighted by Gasteiger charge is -2.12. The minimum Gasteiger partial charge on any atom is -0.397 e. The van der Waals surface area contributed by atoms with Crippen LogP contribution in [0, 0.1) is 19.7 Å². The van der Waals surface area contributed by atoms with Gasteiger partial charge in [-0.25, -0.2) is 4.39 Å². The number of nitrogens with one attached hydrogen (secondary N) is 1. The van der Waals surface area contributed by atoms with Crippen molar-refractivity contribution >= 4 is 17.3 Å². The largest absolute Gasteiger partial charge is 0.397 e. The Hall–Kier alpha value is -2.36. The number of amides is 1. The molecule has 0 fully saturated rings. The number of rotatable bonds is 2. The Morgan fingerprint density at radius 1 is 1.11 bits per heavy atom. The van der Waals surface area contributed by atoms with Gasteiger partial charge in [0.15, 0.2) is 0 Å². The molecule has 98 valence electrons. The summed E-state index contributed by atoms with van der Waals surface area (Å²) in [5.41, 5.74) is 8.13. The second-order valence-electron chi connectivity index (χ2n) is 4.42. The van der Waals surface area contributed by atoms with Gasteiger partial charge in [-0.05, 0) is 37.1 Å². The zero-order chi connectivity index (χ0) is 14.0. The molecule has 0 aliphatic carbocycles. The molecule has 0 saturated heterocycles. The van der Waals surface area contributed by atoms with Gasteiger partial charge in [0.2, 0.25) is 0 Å². The average molecular weight is 258 g/mol. The highest BCUT2D eigenvalue weighted by Gasteiger charge is 2.15. The normalized spacial score (nSPS) is 10.3. The Balaban J connectivity index is 2.37. The molecule has 0 atom stereocenters. The first-order valence-electron chi connectivity index (χ1n) is 5.92. The molecular formula is C15H15FN2O. The van der Waals surface area contributed by atoms with Crippen molar-refractivity contribution in [1.82, 2.24) is 0 Å². The molecule has 0 unspecified atom stereocenters. The number of hydrogen-bond acceptors (Lipinski definition) is 2. The molecule has 4 heteroatoms. The molecule has 3 nitrogen and oxygen atoms in total. The molecule has 0 heterocycles. The molecule has 0 aromatic heterocycles. The molecule has 0 spiro atoms. The number of para-hydroxylation sites is 1. The first-order chi connectivity index (χ1) is 9.00. The van der Waals surface area contributed by atoms with Crippen LogP contribution in [0.25, 0.3) is 0 Å². The maximum Gasteiger partial charge on any atom is 0.256 e. The Labute approximate surface area is 111 Å². The predicted molar refractivity (Wildman–Crippen MR) is 74.7 cm³/mol. The molecule has 2 rings (SSSR count). The van der Waals surface area contributed by atoms with E-state index in [1.54, 1.807) is 6.07 Å².